The summed E-state index contributed by atoms with van der Waals surface area (Å²) < 4.78 is 43.4. The van der Waals surface area contributed by atoms with Crippen LogP contribution in [0, 0.1) is 0 Å². The molecular weight excluding hydrogens is 456 g/mol. The SMILES string of the molecule is COc1ccc(OC)c(S(=O)(=O)N2CCN(C(=O)C=Cc3cc(Cl)ccc3OC)CC2)c1. The minimum Gasteiger partial charge on any atom is -0.497 e. The zero-order chi connectivity index (χ0) is 23.3. The molecule has 0 N–H and O–H groups in total. The first-order valence-corrected chi connectivity index (χ1v) is 11.6. The quantitative estimate of drug-likeness (QED) is 0.566. The molecule has 0 aromatic heterocycles. The van der Waals surface area contributed by atoms with Gasteiger partial charge in [-0.15, -0.1) is 0 Å². The molecular formula is C22H25ClN2O6S. The minimum atomic E-state index is -3.81. The van der Waals surface area contributed by atoms with Crippen LogP contribution in [-0.4, -0.2) is 71.0 Å². The second-order valence-electron chi connectivity index (χ2n) is 6.97. The number of hydrogen-bond donors (Lipinski definition) is 0. The fourth-order valence-electron chi connectivity index (χ4n) is 3.38. The maximum Gasteiger partial charge on any atom is 0.247 e. The highest BCUT2D eigenvalue weighted by molar-refractivity contribution is 7.89. The molecule has 0 spiro atoms. The summed E-state index contributed by atoms with van der Waals surface area (Å²) in [6.07, 6.45) is 3.07. The molecule has 172 valence electrons. The Hall–Kier alpha value is -2.75. The van der Waals surface area contributed by atoms with E-state index in [0.717, 1.165) is 0 Å². The summed E-state index contributed by atoms with van der Waals surface area (Å²) in [7, 11) is 0.609. The summed E-state index contributed by atoms with van der Waals surface area (Å²) in [6, 6.07) is 9.76. The highest BCUT2D eigenvalue weighted by atomic mass is 35.5. The van der Waals surface area contributed by atoms with Crippen molar-refractivity contribution in [2.75, 3.05) is 47.5 Å². The summed E-state index contributed by atoms with van der Waals surface area (Å²) in [5.41, 5.74) is 0.680. The largest absolute Gasteiger partial charge is 0.497 e. The number of carbonyl (C=O) groups excluding carboxylic acids is 1. The lowest BCUT2D eigenvalue weighted by atomic mass is 10.2. The minimum absolute atomic E-state index is 0.0343. The second kappa shape index (κ2) is 10.2. The number of sulfonamides is 1. The molecule has 1 aliphatic heterocycles. The Morgan fingerprint density at radius 3 is 2.22 bits per heavy atom. The molecule has 10 heteroatoms. The zero-order valence-electron chi connectivity index (χ0n) is 18.1. The number of amides is 1. The molecule has 1 amide bonds. The first-order valence-electron chi connectivity index (χ1n) is 9.83. The van der Waals surface area contributed by atoms with E-state index in [-0.39, 0.29) is 42.7 Å². The molecule has 0 unspecified atom stereocenters. The van der Waals surface area contributed by atoms with Crippen LogP contribution >= 0.6 is 11.6 Å². The molecule has 0 bridgehead atoms. The van der Waals surface area contributed by atoms with Gasteiger partial charge in [0, 0.05) is 48.9 Å². The topological polar surface area (TPSA) is 85.4 Å². The number of halogens is 1. The van der Waals surface area contributed by atoms with Crippen LogP contribution in [0.4, 0.5) is 0 Å². The van der Waals surface area contributed by atoms with Crippen LogP contribution < -0.4 is 14.2 Å². The van der Waals surface area contributed by atoms with Crippen LogP contribution in [0.5, 0.6) is 17.2 Å². The first kappa shape index (κ1) is 23.9. The number of methoxy groups -OCH3 is 3. The van der Waals surface area contributed by atoms with E-state index in [1.807, 2.05) is 0 Å². The smallest absolute Gasteiger partial charge is 0.247 e. The Kier molecular flexibility index (Phi) is 7.65. The fourth-order valence-corrected chi connectivity index (χ4v) is 5.15. The van der Waals surface area contributed by atoms with E-state index in [0.29, 0.717) is 22.1 Å². The van der Waals surface area contributed by atoms with Crippen molar-refractivity contribution < 1.29 is 27.4 Å². The molecule has 1 aliphatic rings. The van der Waals surface area contributed by atoms with Gasteiger partial charge in [-0.3, -0.25) is 4.79 Å². The maximum atomic E-state index is 13.2. The number of piperazine rings is 1. The Morgan fingerprint density at radius 2 is 1.59 bits per heavy atom. The van der Waals surface area contributed by atoms with Gasteiger partial charge in [0.15, 0.2) is 0 Å². The molecule has 1 heterocycles. The molecule has 0 saturated carbocycles. The van der Waals surface area contributed by atoms with Crippen LogP contribution in [0.3, 0.4) is 0 Å². The summed E-state index contributed by atoms with van der Waals surface area (Å²) in [4.78, 5) is 14.3. The van der Waals surface area contributed by atoms with E-state index in [1.54, 1.807) is 48.4 Å². The lowest BCUT2D eigenvalue weighted by Gasteiger charge is -2.33. The normalized spacial score (nSPS) is 15.1. The Morgan fingerprint density at radius 1 is 0.938 bits per heavy atom. The standard InChI is InChI=1S/C22H25ClN2O6S/c1-29-18-6-8-20(31-3)21(15-18)32(27,28)25-12-10-24(11-13-25)22(26)9-4-16-14-17(23)5-7-19(16)30-2/h4-9,14-15H,10-13H2,1-3H3. The van der Waals surface area contributed by atoms with Gasteiger partial charge in [-0.05, 0) is 36.4 Å². The van der Waals surface area contributed by atoms with Crippen LogP contribution in [0.2, 0.25) is 5.02 Å². The van der Waals surface area contributed by atoms with Crippen molar-refractivity contribution in [1.82, 2.24) is 9.21 Å². The third kappa shape index (κ3) is 5.17. The fraction of sp³-hybridized carbons (Fsp3) is 0.318. The van der Waals surface area contributed by atoms with Gasteiger partial charge in [0.2, 0.25) is 15.9 Å². The molecule has 8 nitrogen and oxygen atoms in total. The lowest BCUT2D eigenvalue weighted by molar-refractivity contribution is -0.127. The molecule has 2 aromatic rings. The molecule has 1 fully saturated rings. The van der Waals surface area contributed by atoms with Crippen LogP contribution in [0.25, 0.3) is 6.08 Å². The van der Waals surface area contributed by atoms with Gasteiger partial charge in [0.05, 0.1) is 21.3 Å². The van der Waals surface area contributed by atoms with Crippen molar-refractivity contribution >= 4 is 33.6 Å². The van der Waals surface area contributed by atoms with Crippen LogP contribution in [0.15, 0.2) is 47.4 Å². The highest BCUT2D eigenvalue weighted by Gasteiger charge is 2.32. The summed E-state index contributed by atoms with van der Waals surface area (Å²) >= 11 is 6.02. The summed E-state index contributed by atoms with van der Waals surface area (Å²) in [5.74, 6) is 1.03. The molecule has 0 atom stereocenters. The molecule has 0 radical (unpaired) electrons. The van der Waals surface area contributed by atoms with Gasteiger partial charge in [-0.1, -0.05) is 11.6 Å². The molecule has 3 rings (SSSR count). The van der Waals surface area contributed by atoms with E-state index in [1.165, 1.54) is 30.7 Å². The molecule has 0 aliphatic carbocycles. The number of benzene rings is 2. The number of ether oxygens (including phenoxy) is 3. The Balaban J connectivity index is 1.70. The zero-order valence-corrected chi connectivity index (χ0v) is 19.6. The molecule has 1 saturated heterocycles. The van der Waals surface area contributed by atoms with Gasteiger partial charge >= 0.3 is 0 Å². The van der Waals surface area contributed by atoms with Crippen molar-refractivity contribution in [2.45, 2.75) is 4.90 Å². The lowest BCUT2D eigenvalue weighted by Crippen LogP contribution is -2.50. The van der Waals surface area contributed by atoms with Crippen molar-refractivity contribution in [3.05, 3.63) is 53.1 Å². The maximum absolute atomic E-state index is 13.2. The average molecular weight is 481 g/mol. The number of rotatable bonds is 7. The van der Waals surface area contributed by atoms with E-state index in [4.69, 9.17) is 25.8 Å². The van der Waals surface area contributed by atoms with Gasteiger partial charge in [0.25, 0.3) is 0 Å². The van der Waals surface area contributed by atoms with Gasteiger partial charge in [-0.2, -0.15) is 4.31 Å². The van der Waals surface area contributed by atoms with E-state index < -0.39 is 10.0 Å². The monoisotopic (exact) mass is 480 g/mol. The van der Waals surface area contributed by atoms with Crippen LogP contribution in [-0.2, 0) is 14.8 Å². The van der Waals surface area contributed by atoms with Gasteiger partial charge in [-0.25, -0.2) is 8.42 Å². The third-order valence-electron chi connectivity index (χ3n) is 5.14. The highest BCUT2D eigenvalue weighted by Crippen LogP contribution is 2.31. The Labute approximate surface area is 193 Å². The first-order chi connectivity index (χ1) is 15.3. The van der Waals surface area contributed by atoms with Gasteiger partial charge < -0.3 is 19.1 Å². The Bertz CT molecular complexity index is 1110. The summed E-state index contributed by atoms with van der Waals surface area (Å²) in [6.45, 7) is 0.869. The van der Waals surface area contributed by atoms with E-state index in [9.17, 15) is 13.2 Å². The molecule has 32 heavy (non-hydrogen) atoms. The van der Waals surface area contributed by atoms with Crippen LogP contribution in [0.1, 0.15) is 5.56 Å². The van der Waals surface area contributed by atoms with E-state index in [2.05, 4.69) is 0 Å². The van der Waals surface area contributed by atoms with Gasteiger partial charge in [0.1, 0.15) is 22.1 Å². The number of carbonyl (C=O) groups is 1. The predicted octanol–water partition coefficient (Wildman–Crippen LogP) is 2.91. The predicted molar refractivity (Wildman–Crippen MR) is 122 cm³/mol. The van der Waals surface area contributed by atoms with Crippen molar-refractivity contribution in [3.63, 3.8) is 0 Å². The third-order valence-corrected chi connectivity index (χ3v) is 7.29. The van der Waals surface area contributed by atoms with Crippen molar-refractivity contribution in [1.29, 1.82) is 0 Å². The number of hydrogen-bond acceptors (Lipinski definition) is 6. The van der Waals surface area contributed by atoms with Crippen molar-refractivity contribution in [2.24, 2.45) is 0 Å². The second-order valence-corrected chi connectivity index (χ2v) is 9.31. The van der Waals surface area contributed by atoms with Crippen molar-refractivity contribution in [3.8, 4) is 17.2 Å². The average Bonchev–Trinajstić information content (AvgIpc) is 2.82. The number of nitrogens with zero attached hydrogens (tertiary/aromatic N) is 2. The molecule has 2 aromatic carbocycles. The van der Waals surface area contributed by atoms with E-state index >= 15 is 0 Å². The summed E-state index contributed by atoms with van der Waals surface area (Å²) in [5, 5.41) is 0.532.